The number of amides is 1. The maximum absolute atomic E-state index is 12.5. The first-order chi connectivity index (χ1) is 18.6. The summed E-state index contributed by atoms with van der Waals surface area (Å²) in [5.41, 5.74) is 2.43. The van der Waals surface area contributed by atoms with Crippen LogP contribution in [0.25, 0.3) is 0 Å². The molecule has 0 bridgehead atoms. The van der Waals surface area contributed by atoms with Crippen LogP contribution in [0.2, 0.25) is 10.0 Å². The van der Waals surface area contributed by atoms with Crippen LogP contribution in [0.1, 0.15) is 42.2 Å². The van der Waals surface area contributed by atoms with Crippen LogP contribution in [-0.4, -0.2) is 48.0 Å². The molecule has 0 aliphatic rings. The third kappa shape index (κ3) is 9.28. The van der Waals surface area contributed by atoms with Crippen molar-refractivity contribution in [2.75, 3.05) is 17.5 Å². The monoisotopic (exact) mass is 609 g/mol. The number of halogens is 2. The van der Waals surface area contributed by atoms with E-state index in [9.17, 15) is 28.5 Å². The van der Waals surface area contributed by atoms with Crippen molar-refractivity contribution >= 4 is 44.8 Å². The van der Waals surface area contributed by atoms with Crippen LogP contribution < -0.4 is 15.4 Å². The van der Waals surface area contributed by atoms with Gasteiger partial charge in [0.2, 0.25) is 15.9 Å². The molecular formula is C28H33Cl2N3O6S. The highest BCUT2D eigenvalue weighted by atomic mass is 35.5. The van der Waals surface area contributed by atoms with Gasteiger partial charge in [-0.1, -0.05) is 59.6 Å². The van der Waals surface area contributed by atoms with Gasteiger partial charge in [0.05, 0.1) is 29.5 Å². The lowest BCUT2D eigenvalue weighted by Gasteiger charge is -2.28. The van der Waals surface area contributed by atoms with Crippen molar-refractivity contribution in [1.82, 2.24) is 10.6 Å². The summed E-state index contributed by atoms with van der Waals surface area (Å²) in [6.45, 7) is 4.32. The van der Waals surface area contributed by atoms with Gasteiger partial charge in [-0.3, -0.25) is 9.52 Å². The SMILES string of the molecule is CC(C)(Cc1cccc(CC(=O)NCc2ccc(O)c(Cl)c2Cl)c1)NC[C@H](O)c1ccc(O)c(NS(C)(=O)=O)c1. The Labute approximate surface area is 244 Å². The van der Waals surface area contributed by atoms with Crippen molar-refractivity contribution in [3.8, 4) is 11.5 Å². The van der Waals surface area contributed by atoms with Crippen molar-refractivity contribution in [3.05, 3.63) is 86.9 Å². The number of phenols is 2. The molecule has 3 rings (SSSR count). The fraction of sp³-hybridized carbons (Fsp3) is 0.321. The van der Waals surface area contributed by atoms with E-state index in [1.807, 2.05) is 38.1 Å². The minimum Gasteiger partial charge on any atom is -0.506 e. The van der Waals surface area contributed by atoms with Gasteiger partial charge in [0.1, 0.15) is 16.5 Å². The topological polar surface area (TPSA) is 148 Å². The Kier molecular flexibility index (Phi) is 10.3. The summed E-state index contributed by atoms with van der Waals surface area (Å²) in [4.78, 5) is 12.5. The molecule has 3 aromatic carbocycles. The number of phenolic OH excluding ortho intramolecular Hbond substituents is 2. The summed E-state index contributed by atoms with van der Waals surface area (Å²) in [6.07, 6.45) is 0.791. The Balaban J connectivity index is 1.56. The van der Waals surface area contributed by atoms with Gasteiger partial charge in [-0.2, -0.15) is 0 Å². The van der Waals surface area contributed by atoms with E-state index in [2.05, 4.69) is 15.4 Å². The minimum atomic E-state index is -3.60. The Morgan fingerprint density at radius 1 is 0.975 bits per heavy atom. The maximum atomic E-state index is 12.5. The molecule has 0 saturated heterocycles. The molecule has 1 amide bonds. The zero-order valence-electron chi connectivity index (χ0n) is 22.3. The average molecular weight is 611 g/mol. The molecule has 0 saturated carbocycles. The van der Waals surface area contributed by atoms with E-state index in [1.54, 1.807) is 6.07 Å². The Morgan fingerprint density at radius 2 is 1.65 bits per heavy atom. The second kappa shape index (κ2) is 13.1. The molecule has 3 aromatic rings. The molecule has 216 valence electrons. The lowest BCUT2D eigenvalue weighted by molar-refractivity contribution is -0.120. The Morgan fingerprint density at radius 3 is 2.35 bits per heavy atom. The molecular weight excluding hydrogens is 577 g/mol. The number of β-amino-alcohol motifs (C(OH)–C–C–N with tert-alkyl or cyclic N) is 1. The van der Waals surface area contributed by atoms with E-state index in [4.69, 9.17) is 23.2 Å². The molecule has 1 atom stereocenters. The van der Waals surface area contributed by atoms with Gasteiger partial charge in [-0.15, -0.1) is 0 Å². The van der Waals surface area contributed by atoms with Crippen LogP contribution in [-0.2, 0) is 34.2 Å². The third-order valence-corrected chi connectivity index (χ3v) is 7.60. The molecule has 0 unspecified atom stereocenters. The number of aliphatic hydroxyl groups excluding tert-OH is 1. The number of carbonyl (C=O) groups excluding carboxylic acids is 1. The number of aromatic hydroxyl groups is 2. The second-order valence-electron chi connectivity index (χ2n) is 10.3. The number of aliphatic hydroxyl groups is 1. The molecule has 0 aliphatic carbocycles. The van der Waals surface area contributed by atoms with Crippen molar-refractivity contribution in [2.24, 2.45) is 0 Å². The van der Waals surface area contributed by atoms with E-state index in [-0.39, 0.29) is 52.6 Å². The fourth-order valence-corrected chi connectivity index (χ4v) is 5.09. The summed E-state index contributed by atoms with van der Waals surface area (Å²) in [5, 5.41) is 36.6. The van der Waals surface area contributed by atoms with Gasteiger partial charge in [0.15, 0.2) is 0 Å². The van der Waals surface area contributed by atoms with Crippen molar-refractivity contribution < 1.29 is 28.5 Å². The number of rotatable bonds is 12. The van der Waals surface area contributed by atoms with E-state index in [0.717, 1.165) is 17.4 Å². The van der Waals surface area contributed by atoms with Crippen LogP contribution in [0.3, 0.4) is 0 Å². The minimum absolute atomic E-state index is 0.00544. The maximum Gasteiger partial charge on any atom is 0.229 e. The predicted octanol–water partition coefficient (Wildman–Crippen LogP) is 4.28. The third-order valence-electron chi connectivity index (χ3n) is 6.09. The summed E-state index contributed by atoms with van der Waals surface area (Å²) in [5.74, 6) is -0.560. The molecule has 0 aromatic heterocycles. The van der Waals surface area contributed by atoms with Gasteiger partial charge in [0.25, 0.3) is 0 Å². The molecule has 0 spiro atoms. The first-order valence-electron chi connectivity index (χ1n) is 12.4. The van der Waals surface area contributed by atoms with Crippen molar-refractivity contribution in [3.63, 3.8) is 0 Å². The zero-order valence-corrected chi connectivity index (χ0v) is 24.7. The summed E-state index contributed by atoms with van der Waals surface area (Å²) in [6, 6.07) is 14.9. The standard InChI is InChI=1S/C28H33Cl2N3O6S/c1-28(2,32-16-24(36)19-7-9-22(34)21(13-19)33-40(3,38)39)14-18-6-4-5-17(11-18)12-25(37)31-15-20-8-10-23(35)27(30)26(20)29/h4-11,13,24,32-36H,12,14-16H2,1-3H3,(H,31,37)/t24-/m0/s1. The molecule has 40 heavy (non-hydrogen) atoms. The lowest BCUT2D eigenvalue weighted by atomic mass is 9.93. The van der Waals surface area contributed by atoms with Crippen LogP contribution >= 0.6 is 23.2 Å². The first-order valence-corrected chi connectivity index (χ1v) is 15.0. The van der Waals surface area contributed by atoms with Gasteiger partial charge < -0.3 is 26.0 Å². The van der Waals surface area contributed by atoms with Crippen LogP contribution in [0, 0.1) is 0 Å². The van der Waals surface area contributed by atoms with Crippen LogP contribution in [0.5, 0.6) is 11.5 Å². The predicted molar refractivity (Wildman–Crippen MR) is 157 cm³/mol. The van der Waals surface area contributed by atoms with Crippen LogP contribution in [0.4, 0.5) is 5.69 Å². The second-order valence-corrected chi connectivity index (χ2v) is 12.8. The van der Waals surface area contributed by atoms with Crippen molar-refractivity contribution in [1.29, 1.82) is 0 Å². The molecule has 6 N–H and O–H groups in total. The Bertz CT molecular complexity index is 1480. The number of hydrogen-bond acceptors (Lipinski definition) is 7. The highest BCUT2D eigenvalue weighted by Crippen LogP contribution is 2.33. The van der Waals surface area contributed by atoms with E-state index in [1.165, 1.54) is 24.3 Å². The van der Waals surface area contributed by atoms with E-state index >= 15 is 0 Å². The largest absolute Gasteiger partial charge is 0.506 e. The lowest BCUT2D eigenvalue weighted by Crippen LogP contribution is -2.43. The normalized spacial score (nSPS) is 12.7. The molecule has 0 heterocycles. The summed E-state index contributed by atoms with van der Waals surface area (Å²) < 4.78 is 25.3. The van der Waals surface area contributed by atoms with Crippen LogP contribution in [0.15, 0.2) is 54.6 Å². The highest BCUT2D eigenvalue weighted by Gasteiger charge is 2.21. The number of anilines is 1. The van der Waals surface area contributed by atoms with Gasteiger partial charge in [-0.25, -0.2) is 8.42 Å². The van der Waals surface area contributed by atoms with Crippen molar-refractivity contribution in [2.45, 2.75) is 44.9 Å². The number of hydrogen-bond donors (Lipinski definition) is 6. The van der Waals surface area contributed by atoms with E-state index in [0.29, 0.717) is 17.5 Å². The fourth-order valence-electron chi connectivity index (χ4n) is 4.11. The quantitative estimate of drug-likeness (QED) is 0.168. The number of nitrogens with one attached hydrogen (secondary N) is 3. The van der Waals surface area contributed by atoms with Gasteiger partial charge >= 0.3 is 0 Å². The molecule has 9 nitrogen and oxygen atoms in total. The number of benzene rings is 3. The first kappa shape index (κ1) is 31.5. The van der Waals surface area contributed by atoms with Gasteiger partial charge in [-0.05, 0) is 60.7 Å². The highest BCUT2D eigenvalue weighted by molar-refractivity contribution is 7.92. The summed E-state index contributed by atoms with van der Waals surface area (Å²) in [7, 11) is -3.60. The number of carbonyl (C=O) groups is 1. The Hall–Kier alpha value is -3.02. The smallest absolute Gasteiger partial charge is 0.229 e. The zero-order chi connectivity index (χ0) is 29.7. The number of sulfonamides is 1. The molecule has 0 aliphatic heterocycles. The average Bonchev–Trinajstić information content (AvgIpc) is 2.86. The molecule has 12 heteroatoms. The van der Waals surface area contributed by atoms with E-state index < -0.39 is 21.7 Å². The summed E-state index contributed by atoms with van der Waals surface area (Å²) >= 11 is 12.1. The van der Waals surface area contributed by atoms with Gasteiger partial charge in [0, 0.05) is 18.6 Å². The molecule has 0 fully saturated rings. The molecule has 0 radical (unpaired) electrons.